The van der Waals surface area contributed by atoms with Crippen molar-refractivity contribution in [3.05, 3.63) is 57.6 Å². The molecule has 6 heteroatoms. The number of benzene rings is 2. The molecule has 4 nitrogen and oxygen atoms in total. The third kappa shape index (κ3) is 6.01. The summed E-state index contributed by atoms with van der Waals surface area (Å²) in [6, 6.07) is 11.4. The number of hydrogen-bond acceptors (Lipinski definition) is 4. The summed E-state index contributed by atoms with van der Waals surface area (Å²) in [4.78, 5) is 0. The lowest BCUT2D eigenvalue weighted by atomic mass is 9.98. The Morgan fingerprint density at radius 1 is 1.11 bits per heavy atom. The fourth-order valence-electron chi connectivity index (χ4n) is 3.27. The molecular weight excluding hydrogens is 383 g/mol. The third-order valence-electron chi connectivity index (χ3n) is 4.82. The van der Waals surface area contributed by atoms with E-state index in [0.29, 0.717) is 34.7 Å². The van der Waals surface area contributed by atoms with Crippen LogP contribution in [0.3, 0.4) is 0 Å². The van der Waals surface area contributed by atoms with Gasteiger partial charge in [-0.15, -0.1) is 0 Å². The molecule has 2 aromatic rings. The van der Waals surface area contributed by atoms with Crippen molar-refractivity contribution in [2.45, 2.75) is 26.0 Å². The number of piperidine rings is 1. The summed E-state index contributed by atoms with van der Waals surface area (Å²) in [6.45, 7) is 4.35. The van der Waals surface area contributed by atoms with E-state index in [4.69, 9.17) is 32.7 Å². The molecule has 0 atom stereocenters. The SMILES string of the molecule is COc1cc(CNCC2CCNCC2)c(Cl)cc1OCc1cccc(Cl)c1. The Labute approximate surface area is 171 Å². The molecule has 1 aliphatic heterocycles. The quantitative estimate of drug-likeness (QED) is 0.665. The minimum atomic E-state index is 0.403. The Hall–Kier alpha value is -1.46. The molecule has 0 aliphatic carbocycles. The normalized spacial score (nSPS) is 14.9. The van der Waals surface area contributed by atoms with E-state index in [0.717, 1.165) is 36.7 Å². The second-order valence-corrected chi connectivity index (χ2v) is 7.68. The standard InChI is InChI=1S/C21H26Cl2N2O2/c1-26-20-10-17(13-25-12-15-5-7-24-8-6-15)19(23)11-21(20)27-14-16-3-2-4-18(22)9-16/h2-4,9-11,15,24-25H,5-8,12-14H2,1H3. The van der Waals surface area contributed by atoms with Crippen LogP contribution < -0.4 is 20.1 Å². The zero-order valence-corrected chi connectivity index (χ0v) is 17.1. The first-order chi connectivity index (χ1) is 13.2. The van der Waals surface area contributed by atoms with Gasteiger partial charge in [0, 0.05) is 22.7 Å². The second kappa shape index (κ2) is 10.2. The van der Waals surface area contributed by atoms with Gasteiger partial charge in [0.1, 0.15) is 6.61 Å². The molecule has 0 bridgehead atoms. The van der Waals surface area contributed by atoms with E-state index in [2.05, 4.69) is 10.6 Å². The number of hydrogen-bond donors (Lipinski definition) is 2. The molecule has 0 aromatic heterocycles. The van der Waals surface area contributed by atoms with Crippen LogP contribution in [0, 0.1) is 5.92 Å². The van der Waals surface area contributed by atoms with Crippen molar-refractivity contribution >= 4 is 23.2 Å². The highest BCUT2D eigenvalue weighted by molar-refractivity contribution is 6.31. The molecule has 146 valence electrons. The molecule has 1 saturated heterocycles. The van der Waals surface area contributed by atoms with E-state index >= 15 is 0 Å². The second-order valence-electron chi connectivity index (χ2n) is 6.84. The summed E-state index contributed by atoms with van der Waals surface area (Å²) in [5, 5.41) is 8.28. The lowest BCUT2D eigenvalue weighted by Gasteiger charge is -2.23. The van der Waals surface area contributed by atoms with E-state index in [-0.39, 0.29) is 0 Å². The number of nitrogens with one attached hydrogen (secondary N) is 2. The molecule has 0 radical (unpaired) electrons. The van der Waals surface area contributed by atoms with Gasteiger partial charge in [0.05, 0.1) is 7.11 Å². The lowest BCUT2D eigenvalue weighted by Crippen LogP contribution is -2.33. The third-order valence-corrected chi connectivity index (χ3v) is 5.41. The molecule has 1 fully saturated rings. The first-order valence-electron chi connectivity index (χ1n) is 9.31. The van der Waals surface area contributed by atoms with Gasteiger partial charge in [-0.25, -0.2) is 0 Å². The highest BCUT2D eigenvalue weighted by Gasteiger charge is 2.14. The summed E-state index contributed by atoms with van der Waals surface area (Å²) in [5.74, 6) is 2.04. The van der Waals surface area contributed by atoms with Crippen molar-refractivity contribution in [1.82, 2.24) is 10.6 Å². The molecule has 3 rings (SSSR count). The number of halogens is 2. The summed E-state index contributed by atoms with van der Waals surface area (Å²) >= 11 is 12.5. The first kappa shape index (κ1) is 20.3. The average Bonchev–Trinajstić information content (AvgIpc) is 2.68. The monoisotopic (exact) mass is 408 g/mol. The Morgan fingerprint density at radius 2 is 1.93 bits per heavy atom. The average molecular weight is 409 g/mol. The maximum atomic E-state index is 6.48. The van der Waals surface area contributed by atoms with Gasteiger partial charge in [-0.05, 0) is 67.7 Å². The minimum Gasteiger partial charge on any atom is -0.493 e. The Bertz CT molecular complexity index is 749. The van der Waals surface area contributed by atoms with Gasteiger partial charge in [0.15, 0.2) is 11.5 Å². The van der Waals surface area contributed by atoms with Crippen LogP contribution in [-0.2, 0) is 13.2 Å². The van der Waals surface area contributed by atoms with Crippen LogP contribution in [0.5, 0.6) is 11.5 Å². The zero-order valence-electron chi connectivity index (χ0n) is 15.6. The molecule has 0 saturated carbocycles. The van der Waals surface area contributed by atoms with E-state index in [1.54, 1.807) is 7.11 Å². The topological polar surface area (TPSA) is 42.5 Å². The Morgan fingerprint density at radius 3 is 2.67 bits per heavy atom. The minimum absolute atomic E-state index is 0.403. The summed E-state index contributed by atoms with van der Waals surface area (Å²) in [5.41, 5.74) is 2.01. The van der Waals surface area contributed by atoms with Crippen LogP contribution in [0.4, 0.5) is 0 Å². The van der Waals surface area contributed by atoms with Gasteiger partial charge in [0.25, 0.3) is 0 Å². The van der Waals surface area contributed by atoms with Crippen molar-refractivity contribution in [1.29, 1.82) is 0 Å². The van der Waals surface area contributed by atoms with Crippen molar-refractivity contribution in [3.8, 4) is 11.5 Å². The fourth-order valence-corrected chi connectivity index (χ4v) is 3.70. The molecule has 27 heavy (non-hydrogen) atoms. The van der Waals surface area contributed by atoms with E-state index in [1.807, 2.05) is 36.4 Å². The van der Waals surface area contributed by atoms with Crippen molar-refractivity contribution in [3.63, 3.8) is 0 Å². The van der Waals surface area contributed by atoms with Gasteiger partial charge >= 0.3 is 0 Å². The van der Waals surface area contributed by atoms with Gasteiger partial charge in [-0.3, -0.25) is 0 Å². The maximum Gasteiger partial charge on any atom is 0.163 e. The van der Waals surface area contributed by atoms with Crippen LogP contribution in [-0.4, -0.2) is 26.7 Å². The van der Waals surface area contributed by atoms with Gasteiger partial charge in [0.2, 0.25) is 0 Å². The summed E-state index contributed by atoms with van der Waals surface area (Å²) in [7, 11) is 1.64. The van der Waals surface area contributed by atoms with E-state index < -0.39 is 0 Å². The molecule has 1 heterocycles. The predicted molar refractivity (Wildman–Crippen MR) is 111 cm³/mol. The number of ether oxygens (including phenoxy) is 2. The van der Waals surface area contributed by atoms with Gasteiger partial charge < -0.3 is 20.1 Å². The Balaban J connectivity index is 1.60. The predicted octanol–water partition coefficient (Wildman–Crippen LogP) is 4.67. The number of rotatable bonds is 8. The van der Waals surface area contributed by atoms with Crippen LogP contribution >= 0.6 is 23.2 Å². The van der Waals surface area contributed by atoms with Gasteiger partial charge in [-0.1, -0.05) is 35.3 Å². The molecule has 2 aromatic carbocycles. The summed E-state index contributed by atoms with van der Waals surface area (Å²) < 4.78 is 11.4. The molecule has 2 N–H and O–H groups in total. The molecule has 1 aliphatic rings. The van der Waals surface area contributed by atoms with Crippen LogP contribution in [0.1, 0.15) is 24.0 Å². The first-order valence-corrected chi connectivity index (χ1v) is 10.1. The van der Waals surface area contributed by atoms with E-state index in [1.165, 1.54) is 12.8 Å². The van der Waals surface area contributed by atoms with E-state index in [9.17, 15) is 0 Å². The van der Waals surface area contributed by atoms with Gasteiger partial charge in [-0.2, -0.15) is 0 Å². The molecule has 0 amide bonds. The lowest BCUT2D eigenvalue weighted by molar-refractivity contribution is 0.284. The highest BCUT2D eigenvalue weighted by Crippen LogP contribution is 2.34. The molecular formula is C21H26Cl2N2O2. The van der Waals surface area contributed by atoms with Crippen molar-refractivity contribution < 1.29 is 9.47 Å². The zero-order chi connectivity index (χ0) is 19.1. The largest absolute Gasteiger partial charge is 0.493 e. The smallest absolute Gasteiger partial charge is 0.163 e. The Kier molecular flexibility index (Phi) is 7.65. The van der Waals surface area contributed by atoms with Crippen molar-refractivity contribution in [2.24, 2.45) is 5.92 Å². The highest BCUT2D eigenvalue weighted by atomic mass is 35.5. The van der Waals surface area contributed by atoms with Crippen LogP contribution in [0.2, 0.25) is 10.0 Å². The maximum absolute atomic E-state index is 6.48. The van der Waals surface area contributed by atoms with Crippen LogP contribution in [0.25, 0.3) is 0 Å². The van der Waals surface area contributed by atoms with Crippen LogP contribution in [0.15, 0.2) is 36.4 Å². The fraction of sp³-hybridized carbons (Fsp3) is 0.429. The van der Waals surface area contributed by atoms with Crippen molar-refractivity contribution in [2.75, 3.05) is 26.7 Å². The molecule has 0 unspecified atom stereocenters. The summed E-state index contributed by atoms with van der Waals surface area (Å²) in [6.07, 6.45) is 2.45. The molecule has 0 spiro atoms. The number of methoxy groups -OCH3 is 1.